The molecule has 190 valence electrons. The Labute approximate surface area is 208 Å². The predicted octanol–water partition coefficient (Wildman–Crippen LogP) is 4.02. The molecule has 7 nitrogen and oxygen atoms in total. The second-order valence-electron chi connectivity index (χ2n) is 9.34. The van der Waals surface area contributed by atoms with Gasteiger partial charge in [-0.1, -0.05) is 57.0 Å². The van der Waals surface area contributed by atoms with E-state index in [9.17, 15) is 23.1 Å². The number of sulfone groups is 1. The van der Waals surface area contributed by atoms with Gasteiger partial charge in [-0.05, 0) is 49.1 Å². The number of carbonyl (C=O) groups excluding carboxylic acids is 2. The first-order valence-corrected chi connectivity index (χ1v) is 14.0. The molecule has 0 saturated heterocycles. The number of fused-ring (bicyclic) bond motifs is 1. The summed E-state index contributed by atoms with van der Waals surface area (Å²) in [6.45, 7) is 6.20. The highest BCUT2D eigenvalue weighted by Crippen LogP contribution is 2.49. The molecule has 2 aromatic rings. The monoisotopic (exact) mass is 500 g/mol. The fourth-order valence-corrected chi connectivity index (χ4v) is 7.34. The smallest absolute Gasteiger partial charge is 0.233 e. The van der Waals surface area contributed by atoms with E-state index < -0.39 is 33.2 Å². The molecule has 1 aliphatic rings. The van der Waals surface area contributed by atoms with E-state index in [1.807, 2.05) is 37.3 Å². The Bertz CT molecular complexity index is 1150. The van der Waals surface area contributed by atoms with Crippen molar-refractivity contribution in [2.45, 2.75) is 69.8 Å². The summed E-state index contributed by atoms with van der Waals surface area (Å²) in [6, 6.07) is 14.1. The maximum absolute atomic E-state index is 13.7. The Kier molecular flexibility index (Phi) is 8.72. The minimum atomic E-state index is -3.71. The molecule has 0 radical (unpaired) electrons. The summed E-state index contributed by atoms with van der Waals surface area (Å²) < 4.78 is 27.3. The number of aliphatic hydroxyl groups excluding tert-OH is 1. The van der Waals surface area contributed by atoms with Crippen LogP contribution < -0.4 is 10.6 Å². The van der Waals surface area contributed by atoms with Gasteiger partial charge in [0.2, 0.25) is 11.8 Å². The number of benzene rings is 2. The predicted molar refractivity (Wildman–Crippen MR) is 137 cm³/mol. The van der Waals surface area contributed by atoms with Gasteiger partial charge in [-0.2, -0.15) is 0 Å². The first-order valence-electron chi connectivity index (χ1n) is 12.3. The molecule has 0 spiro atoms. The Morgan fingerprint density at radius 1 is 1.06 bits per heavy atom. The van der Waals surface area contributed by atoms with Gasteiger partial charge < -0.3 is 15.7 Å². The lowest BCUT2D eigenvalue weighted by Gasteiger charge is -2.39. The molecular weight excluding hydrogens is 464 g/mol. The van der Waals surface area contributed by atoms with Gasteiger partial charge in [0.15, 0.2) is 9.84 Å². The molecule has 3 rings (SSSR count). The molecule has 0 aromatic heterocycles. The lowest BCUT2D eigenvalue weighted by molar-refractivity contribution is -0.126. The van der Waals surface area contributed by atoms with Crippen molar-refractivity contribution in [1.29, 1.82) is 0 Å². The van der Waals surface area contributed by atoms with Gasteiger partial charge in [-0.15, -0.1) is 0 Å². The topological polar surface area (TPSA) is 113 Å². The maximum atomic E-state index is 13.7. The highest BCUT2D eigenvalue weighted by molar-refractivity contribution is 7.91. The minimum Gasteiger partial charge on any atom is -0.392 e. The molecular formula is C27H36N2O5S. The first kappa shape index (κ1) is 26.9. The molecule has 0 aliphatic carbocycles. The summed E-state index contributed by atoms with van der Waals surface area (Å²) in [6.07, 6.45) is 1.59. The van der Waals surface area contributed by atoms with Crippen LogP contribution in [-0.4, -0.2) is 43.7 Å². The number of nitrogens with one attached hydrogen (secondary N) is 2. The first-order chi connectivity index (χ1) is 16.7. The third-order valence-corrected chi connectivity index (χ3v) is 8.97. The van der Waals surface area contributed by atoms with Crippen LogP contribution in [0.15, 0.2) is 53.4 Å². The molecule has 2 aromatic carbocycles. The maximum Gasteiger partial charge on any atom is 0.233 e. The molecule has 3 N–H and O–H groups in total. The number of rotatable bonds is 9. The average Bonchev–Trinajstić information content (AvgIpc) is 2.89. The van der Waals surface area contributed by atoms with Crippen molar-refractivity contribution in [3.8, 4) is 0 Å². The normalized spacial score (nSPS) is 23.1. The van der Waals surface area contributed by atoms with Crippen LogP contribution in [-0.2, 0) is 19.4 Å². The number of hydrogen-bond acceptors (Lipinski definition) is 5. The van der Waals surface area contributed by atoms with Crippen LogP contribution >= 0.6 is 0 Å². The molecule has 0 saturated carbocycles. The van der Waals surface area contributed by atoms with Crippen LogP contribution in [0.1, 0.15) is 69.9 Å². The van der Waals surface area contributed by atoms with Crippen LogP contribution in [0.25, 0.3) is 0 Å². The summed E-state index contributed by atoms with van der Waals surface area (Å²) >= 11 is 0. The zero-order valence-corrected chi connectivity index (χ0v) is 21.5. The van der Waals surface area contributed by atoms with E-state index >= 15 is 0 Å². The average molecular weight is 501 g/mol. The molecule has 8 heteroatoms. The van der Waals surface area contributed by atoms with Crippen molar-refractivity contribution in [3.63, 3.8) is 0 Å². The number of unbranched alkanes of at least 4 members (excludes halogenated alkanes) is 1. The van der Waals surface area contributed by atoms with Gasteiger partial charge in [0.25, 0.3) is 0 Å². The fraction of sp³-hybridized carbons (Fsp3) is 0.481. The van der Waals surface area contributed by atoms with Crippen LogP contribution in [0.2, 0.25) is 0 Å². The minimum absolute atomic E-state index is 0.128. The quantitative estimate of drug-likeness (QED) is 0.450. The molecule has 3 atom stereocenters. The molecule has 1 aliphatic heterocycles. The Hall–Kier alpha value is -2.71. The van der Waals surface area contributed by atoms with E-state index in [1.54, 1.807) is 19.1 Å². The van der Waals surface area contributed by atoms with Gasteiger partial charge in [0, 0.05) is 23.6 Å². The van der Waals surface area contributed by atoms with Crippen molar-refractivity contribution >= 4 is 27.3 Å². The lowest BCUT2D eigenvalue weighted by Crippen LogP contribution is -2.42. The summed E-state index contributed by atoms with van der Waals surface area (Å²) in [5.41, 5.74) is 0.875. The van der Waals surface area contributed by atoms with Gasteiger partial charge in [0.1, 0.15) is 6.42 Å². The highest BCUT2D eigenvalue weighted by Gasteiger charge is 2.48. The zero-order chi connectivity index (χ0) is 25.6. The Morgan fingerprint density at radius 3 is 2.40 bits per heavy atom. The molecule has 0 unspecified atom stereocenters. The van der Waals surface area contributed by atoms with Crippen molar-refractivity contribution in [1.82, 2.24) is 5.32 Å². The number of anilines is 1. The number of amides is 2. The standard InChI is InChI=1S/C27H36N2O5S/c1-4-7-15-27(5-2)18-35(33,34)22-14-13-20(29-24(31)17-23(30)28-6-3)16-21(22)25(26(27)32)19-11-9-8-10-12-19/h8-14,16,25-26,32H,4-7,15,17-18H2,1-3H3,(H,28,30)(H,29,31)/t25-,26-,27-/m1/s1. The third kappa shape index (κ3) is 5.93. The summed E-state index contributed by atoms with van der Waals surface area (Å²) in [7, 11) is -3.71. The van der Waals surface area contributed by atoms with Crippen LogP contribution in [0.3, 0.4) is 0 Å². The molecule has 35 heavy (non-hydrogen) atoms. The second-order valence-corrected chi connectivity index (χ2v) is 11.3. The van der Waals surface area contributed by atoms with Gasteiger partial charge in [-0.3, -0.25) is 9.59 Å². The zero-order valence-electron chi connectivity index (χ0n) is 20.7. The fourth-order valence-electron chi connectivity index (χ4n) is 5.09. The van der Waals surface area contributed by atoms with Crippen molar-refractivity contribution in [3.05, 3.63) is 59.7 Å². The highest BCUT2D eigenvalue weighted by atomic mass is 32.2. The third-order valence-electron chi connectivity index (χ3n) is 6.97. The molecule has 0 bridgehead atoms. The van der Waals surface area contributed by atoms with E-state index in [4.69, 9.17) is 0 Å². The van der Waals surface area contributed by atoms with Crippen molar-refractivity contribution in [2.24, 2.45) is 5.41 Å². The van der Waals surface area contributed by atoms with Crippen LogP contribution in [0, 0.1) is 5.41 Å². The van der Waals surface area contributed by atoms with Gasteiger partial charge in [0.05, 0.1) is 16.8 Å². The van der Waals surface area contributed by atoms with Crippen LogP contribution in [0.4, 0.5) is 5.69 Å². The molecule has 1 heterocycles. The van der Waals surface area contributed by atoms with Crippen LogP contribution in [0.5, 0.6) is 0 Å². The lowest BCUT2D eigenvalue weighted by atomic mass is 9.69. The van der Waals surface area contributed by atoms with Crippen molar-refractivity contribution < 1.29 is 23.1 Å². The Balaban J connectivity index is 2.12. The van der Waals surface area contributed by atoms with Gasteiger partial charge in [-0.25, -0.2) is 8.42 Å². The van der Waals surface area contributed by atoms with E-state index in [0.717, 1.165) is 18.4 Å². The largest absolute Gasteiger partial charge is 0.392 e. The Morgan fingerprint density at radius 2 is 1.77 bits per heavy atom. The molecule has 2 amide bonds. The summed E-state index contributed by atoms with van der Waals surface area (Å²) in [4.78, 5) is 24.4. The van der Waals surface area contributed by atoms with E-state index in [-0.39, 0.29) is 23.0 Å². The summed E-state index contributed by atoms with van der Waals surface area (Å²) in [5.74, 6) is -1.59. The van der Waals surface area contributed by atoms with Crippen molar-refractivity contribution in [2.75, 3.05) is 17.6 Å². The van der Waals surface area contributed by atoms with E-state index in [1.165, 1.54) is 6.07 Å². The van der Waals surface area contributed by atoms with E-state index in [2.05, 4.69) is 17.6 Å². The number of carbonyl (C=O) groups is 2. The SMILES string of the molecule is CCCC[C@]1(CC)CS(=O)(=O)c2ccc(NC(=O)CC(=O)NCC)cc2[C@@H](c2ccccc2)[C@H]1O. The number of hydrogen-bond donors (Lipinski definition) is 3. The van der Waals surface area contributed by atoms with E-state index in [0.29, 0.717) is 30.6 Å². The van der Waals surface area contributed by atoms with Gasteiger partial charge >= 0.3 is 0 Å². The second kappa shape index (κ2) is 11.4. The number of aliphatic hydroxyl groups is 1. The molecule has 0 fully saturated rings. The summed E-state index contributed by atoms with van der Waals surface area (Å²) in [5, 5.41) is 17.2.